The Labute approximate surface area is 95.8 Å². The van der Waals surface area contributed by atoms with Crippen LogP contribution in [0.5, 0.6) is 0 Å². The summed E-state index contributed by atoms with van der Waals surface area (Å²) in [6, 6.07) is 4.07. The topological polar surface area (TPSA) is 39.2 Å². The molecule has 1 heterocycles. The molecule has 0 N–H and O–H groups in total. The fourth-order valence-electron chi connectivity index (χ4n) is 1.42. The zero-order valence-electron chi connectivity index (χ0n) is 8.33. The summed E-state index contributed by atoms with van der Waals surface area (Å²) in [6.45, 7) is 0. The van der Waals surface area contributed by atoms with Crippen LogP contribution in [-0.4, -0.2) is 18.1 Å². The molecule has 0 atom stereocenters. The third kappa shape index (κ3) is 1.72. The maximum absolute atomic E-state index is 13.6. The van der Waals surface area contributed by atoms with Gasteiger partial charge in [0, 0.05) is 11.6 Å². The van der Waals surface area contributed by atoms with Gasteiger partial charge >= 0.3 is 5.97 Å². The van der Waals surface area contributed by atoms with Gasteiger partial charge < -0.3 is 4.74 Å². The lowest BCUT2D eigenvalue weighted by molar-refractivity contribution is 0.0600. The number of halogens is 2. The summed E-state index contributed by atoms with van der Waals surface area (Å²) < 4.78 is 18.1. The van der Waals surface area contributed by atoms with Crippen molar-refractivity contribution in [2.75, 3.05) is 7.11 Å². The fraction of sp³-hybridized carbons (Fsp3) is 0.0909. The predicted octanol–water partition coefficient (Wildman–Crippen LogP) is 2.81. The number of hydrogen-bond acceptors (Lipinski definition) is 3. The Bertz CT molecular complexity index is 571. The molecule has 0 unspecified atom stereocenters. The zero-order chi connectivity index (χ0) is 11.7. The highest BCUT2D eigenvalue weighted by Gasteiger charge is 2.12. The number of rotatable bonds is 1. The Kier molecular flexibility index (Phi) is 2.75. The van der Waals surface area contributed by atoms with E-state index in [-0.39, 0.29) is 11.1 Å². The maximum atomic E-state index is 13.6. The van der Waals surface area contributed by atoms with Crippen molar-refractivity contribution in [3.8, 4) is 0 Å². The number of pyridine rings is 1. The van der Waals surface area contributed by atoms with Crippen molar-refractivity contribution >= 4 is 28.5 Å². The van der Waals surface area contributed by atoms with Gasteiger partial charge in [-0.15, -0.1) is 0 Å². The quantitative estimate of drug-likeness (QED) is 0.719. The molecule has 1 aromatic carbocycles. The summed E-state index contributed by atoms with van der Waals surface area (Å²) in [6.07, 6.45) is 1.41. The molecule has 16 heavy (non-hydrogen) atoms. The van der Waals surface area contributed by atoms with Crippen LogP contribution in [0.2, 0.25) is 5.02 Å². The molecule has 1 aromatic heterocycles. The second-order valence-electron chi connectivity index (χ2n) is 3.14. The Balaban J connectivity index is 2.75. The third-order valence-corrected chi connectivity index (χ3v) is 2.50. The summed E-state index contributed by atoms with van der Waals surface area (Å²) in [4.78, 5) is 15.1. The molecule has 0 aliphatic heterocycles. The normalized spacial score (nSPS) is 10.4. The largest absolute Gasteiger partial charge is 0.465 e. The molecule has 2 aromatic rings. The number of benzene rings is 1. The molecule has 0 aliphatic carbocycles. The molecular formula is C11H7ClFNO2. The average molecular weight is 240 g/mol. The molecular weight excluding hydrogens is 233 g/mol. The van der Waals surface area contributed by atoms with E-state index in [2.05, 4.69) is 9.72 Å². The van der Waals surface area contributed by atoms with E-state index in [1.54, 1.807) is 0 Å². The van der Waals surface area contributed by atoms with Crippen LogP contribution in [0.25, 0.3) is 10.9 Å². The Morgan fingerprint density at radius 3 is 2.94 bits per heavy atom. The highest BCUT2D eigenvalue weighted by Crippen LogP contribution is 2.25. The summed E-state index contributed by atoms with van der Waals surface area (Å²) in [5.74, 6) is -1.21. The van der Waals surface area contributed by atoms with Gasteiger partial charge in [-0.05, 0) is 18.2 Å². The van der Waals surface area contributed by atoms with Gasteiger partial charge in [-0.2, -0.15) is 0 Å². The first-order valence-electron chi connectivity index (χ1n) is 4.45. The highest BCUT2D eigenvalue weighted by molar-refractivity contribution is 6.35. The van der Waals surface area contributed by atoms with Gasteiger partial charge in [-0.25, -0.2) is 9.18 Å². The van der Waals surface area contributed by atoms with Gasteiger partial charge in [0.15, 0.2) is 0 Å². The zero-order valence-corrected chi connectivity index (χ0v) is 9.08. The number of ether oxygens (including phenoxy) is 1. The third-order valence-electron chi connectivity index (χ3n) is 2.17. The standard InChI is InChI=1S/C11H7ClFNO2/c1-16-11(15)6-4-7-8(12)2-3-14-10(7)9(13)5-6/h2-5H,1H3. The maximum Gasteiger partial charge on any atom is 0.337 e. The van der Waals surface area contributed by atoms with E-state index in [0.29, 0.717) is 10.4 Å². The van der Waals surface area contributed by atoms with Crippen LogP contribution in [0, 0.1) is 5.82 Å². The highest BCUT2D eigenvalue weighted by atomic mass is 35.5. The molecule has 0 amide bonds. The predicted molar refractivity (Wildman–Crippen MR) is 58.1 cm³/mol. The van der Waals surface area contributed by atoms with Crippen LogP contribution < -0.4 is 0 Å². The van der Waals surface area contributed by atoms with Gasteiger partial charge in [-0.3, -0.25) is 4.98 Å². The molecule has 0 saturated heterocycles. The molecule has 0 saturated carbocycles. The smallest absolute Gasteiger partial charge is 0.337 e. The monoisotopic (exact) mass is 239 g/mol. The SMILES string of the molecule is COC(=O)c1cc(F)c2nccc(Cl)c2c1. The number of methoxy groups -OCH3 is 1. The Hall–Kier alpha value is -1.68. The van der Waals surface area contributed by atoms with E-state index in [9.17, 15) is 9.18 Å². The Morgan fingerprint density at radius 2 is 2.25 bits per heavy atom. The lowest BCUT2D eigenvalue weighted by atomic mass is 10.1. The lowest BCUT2D eigenvalue weighted by Crippen LogP contribution is -2.02. The molecule has 82 valence electrons. The van der Waals surface area contributed by atoms with Crippen molar-refractivity contribution in [2.24, 2.45) is 0 Å². The number of nitrogens with zero attached hydrogens (tertiary/aromatic N) is 1. The number of esters is 1. The van der Waals surface area contributed by atoms with Crippen LogP contribution in [0.15, 0.2) is 24.4 Å². The minimum atomic E-state index is -0.610. The minimum Gasteiger partial charge on any atom is -0.465 e. The van der Waals surface area contributed by atoms with Crippen molar-refractivity contribution in [2.45, 2.75) is 0 Å². The van der Waals surface area contributed by atoms with Crippen LogP contribution in [-0.2, 0) is 4.74 Å². The van der Waals surface area contributed by atoms with Crippen LogP contribution in [0.4, 0.5) is 4.39 Å². The van der Waals surface area contributed by atoms with Gasteiger partial charge in [0.1, 0.15) is 11.3 Å². The number of aromatic nitrogens is 1. The van der Waals surface area contributed by atoms with Crippen molar-refractivity contribution in [3.05, 3.63) is 40.8 Å². The summed E-state index contributed by atoms with van der Waals surface area (Å²) in [5.41, 5.74) is 0.252. The summed E-state index contributed by atoms with van der Waals surface area (Å²) in [7, 11) is 1.23. The average Bonchev–Trinajstić information content (AvgIpc) is 2.29. The number of carbonyl (C=O) groups excluding carboxylic acids is 1. The molecule has 2 rings (SSSR count). The van der Waals surface area contributed by atoms with Crippen LogP contribution >= 0.6 is 11.6 Å². The number of carbonyl (C=O) groups is 1. The fourth-order valence-corrected chi connectivity index (χ4v) is 1.62. The molecule has 3 nitrogen and oxygen atoms in total. The van der Waals surface area contributed by atoms with E-state index in [4.69, 9.17) is 11.6 Å². The molecule has 0 fully saturated rings. The van der Waals surface area contributed by atoms with E-state index in [1.165, 1.54) is 25.4 Å². The van der Waals surface area contributed by atoms with Crippen LogP contribution in [0.3, 0.4) is 0 Å². The summed E-state index contributed by atoms with van der Waals surface area (Å²) in [5, 5.41) is 0.735. The Morgan fingerprint density at radius 1 is 1.50 bits per heavy atom. The number of hydrogen-bond donors (Lipinski definition) is 0. The van der Waals surface area contributed by atoms with E-state index < -0.39 is 11.8 Å². The van der Waals surface area contributed by atoms with Crippen molar-refractivity contribution < 1.29 is 13.9 Å². The van der Waals surface area contributed by atoms with Gasteiger partial charge in [0.25, 0.3) is 0 Å². The lowest BCUT2D eigenvalue weighted by Gasteiger charge is -2.04. The van der Waals surface area contributed by atoms with E-state index in [1.807, 2.05) is 0 Å². The second kappa shape index (κ2) is 4.06. The number of fused-ring (bicyclic) bond motifs is 1. The van der Waals surface area contributed by atoms with E-state index in [0.717, 1.165) is 6.07 Å². The molecule has 0 radical (unpaired) electrons. The first kappa shape index (κ1) is 10.8. The molecule has 0 bridgehead atoms. The van der Waals surface area contributed by atoms with Crippen molar-refractivity contribution in [1.82, 2.24) is 4.98 Å². The van der Waals surface area contributed by atoms with Crippen LogP contribution in [0.1, 0.15) is 10.4 Å². The second-order valence-corrected chi connectivity index (χ2v) is 3.55. The first-order chi connectivity index (χ1) is 7.63. The molecule has 0 spiro atoms. The van der Waals surface area contributed by atoms with E-state index >= 15 is 0 Å². The summed E-state index contributed by atoms with van der Waals surface area (Å²) >= 11 is 5.89. The van der Waals surface area contributed by atoms with Crippen molar-refractivity contribution in [1.29, 1.82) is 0 Å². The molecule has 5 heteroatoms. The van der Waals surface area contributed by atoms with Crippen molar-refractivity contribution in [3.63, 3.8) is 0 Å². The molecule has 0 aliphatic rings. The van der Waals surface area contributed by atoms with Gasteiger partial charge in [-0.1, -0.05) is 11.6 Å². The first-order valence-corrected chi connectivity index (χ1v) is 4.83. The van der Waals surface area contributed by atoms with Gasteiger partial charge in [0.05, 0.1) is 17.7 Å². The minimum absolute atomic E-state index is 0.113. The van der Waals surface area contributed by atoms with Gasteiger partial charge in [0.2, 0.25) is 0 Å².